The fourth-order valence-corrected chi connectivity index (χ4v) is 3.30. The molecule has 4 rings (SSSR count). The highest BCUT2D eigenvalue weighted by atomic mass is 16.5. The molecule has 1 heterocycles. The molecule has 4 nitrogen and oxygen atoms in total. The van der Waals surface area contributed by atoms with E-state index in [9.17, 15) is 4.79 Å². The number of fused-ring (bicyclic) bond motifs is 1. The summed E-state index contributed by atoms with van der Waals surface area (Å²) >= 11 is 0. The van der Waals surface area contributed by atoms with E-state index in [1.165, 1.54) is 18.9 Å². The van der Waals surface area contributed by atoms with Crippen molar-refractivity contribution >= 4 is 16.9 Å². The Balaban J connectivity index is 1.75. The molecular formula is C25H21NO3. The molecule has 0 spiro atoms. The number of benzene rings is 3. The molecule has 1 aromatic heterocycles. The van der Waals surface area contributed by atoms with E-state index in [0.29, 0.717) is 17.9 Å². The lowest BCUT2D eigenvalue weighted by Crippen LogP contribution is -2.07. The minimum absolute atomic E-state index is 0.327. The molecule has 0 N–H and O–H groups in total. The molecule has 0 saturated carbocycles. The number of nitrogens with zero attached hydrogens (tertiary/aromatic N) is 1. The molecule has 0 saturated heterocycles. The van der Waals surface area contributed by atoms with Crippen LogP contribution >= 0.6 is 0 Å². The molecule has 0 aliphatic heterocycles. The number of esters is 1. The summed E-state index contributed by atoms with van der Waals surface area (Å²) in [6.45, 7) is 0.354. The first-order valence-corrected chi connectivity index (χ1v) is 9.45. The number of pyridine rings is 1. The average molecular weight is 383 g/mol. The van der Waals surface area contributed by atoms with Gasteiger partial charge in [-0.05, 0) is 35.2 Å². The topological polar surface area (TPSA) is 48.4 Å². The first-order valence-electron chi connectivity index (χ1n) is 9.45. The Kier molecular flexibility index (Phi) is 5.52. The van der Waals surface area contributed by atoms with Crippen LogP contribution in [0.15, 0.2) is 85.1 Å². The molecular weight excluding hydrogens is 362 g/mol. The van der Waals surface area contributed by atoms with Crippen LogP contribution in [0.1, 0.15) is 27.0 Å². The van der Waals surface area contributed by atoms with Crippen molar-refractivity contribution < 1.29 is 14.3 Å². The predicted molar refractivity (Wildman–Crippen MR) is 113 cm³/mol. The molecule has 0 fully saturated rings. The van der Waals surface area contributed by atoms with Crippen LogP contribution < -0.4 is 4.74 Å². The largest absolute Gasteiger partial charge is 0.487 e. The highest BCUT2D eigenvalue weighted by Crippen LogP contribution is 2.31. The first-order chi connectivity index (χ1) is 14.2. The van der Waals surface area contributed by atoms with Crippen molar-refractivity contribution in [3.05, 3.63) is 107 Å². The predicted octanol–water partition coefficient (Wildman–Crippen LogP) is 5.19. The Morgan fingerprint density at radius 3 is 2.24 bits per heavy atom. The number of hydrogen-bond donors (Lipinski definition) is 0. The van der Waals surface area contributed by atoms with Crippen molar-refractivity contribution in [3.8, 4) is 5.75 Å². The van der Waals surface area contributed by atoms with Crippen molar-refractivity contribution in [2.75, 3.05) is 7.11 Å². The molecule has 0 radical (unpaired) electrons. The van der Waals surface area contributed by atoms with Gasteiger partial charge in [0.1, 0.15) is 17.9 Å². The minimum atomic E-state index is -0.462. The van der Waals surface area contributed by atoms with E-state index >= 15 is 0 Å². The Labute approximate surface area is 169 Å². The smallest absolute Gasteiger partial charge is 0.343 e. The lowest BCUT2D eigenvalue weighted by atomic mass is 10.0. The zero-order valence-corrected chi connectivity index (χ0v) is 16.2. The highest BCUT2D eigenvalue weighted by molar-refractivity contribution is 5.99. The van der Waals surface area contributed by atoms with Crippen LogP contribution in [0.5, 0.6) is 5.75 Å². The molecule has 3 aromatic carbocycles. The number of rotatable bonds is 6. The molecule has 29 heavy (non-hydrogen) atoms. The van der Waals surface area contributed by atoms with E-state index in [2.05, 4.69) is 23.2 Å². The lowest BCUT2D eigenvalue weighted by molar-refractivity contribution is 0.0595. The van der Waals surface area contributed by atoms with E-state index in [1.54, 1.807) is 0 Å². The van der Waals surface area contributed by atoms with Crippen LogP contribution in [0, 0.1) is 0 Å². The van der Waals surface area contributed by atoms with Crippen molar-refractivity contribution in [1.29, 1.82) is 0 Å². The van der Waals surface area contributed by atoms with Crippen molar-refractivity contribution in [2.24, 2.45) is 0 Å². The number of carbonyl (C=O) groups excluding carboxylic acids is 1. The van der Waals surface area contributed by atoms with E-state index < -0.39 is 5.97 Å². The SMILES string of the molecule is COC(=O)c1cnc2ccc(Cc3ccccc3)cc2c1OCc1ccccc1. The van der Waals surface area contributed by atoms with Gasteiger partial charge in [-0.3, -0.25) is 4.98 Å². The van der Waals surface area contributed by atoms with Crippen LogP contribution in [0.25, 0.3) is 10.9 Å². The zero-order valence-electron chi connectivity index (χ0n) is 16.2. The Morgan fingerprint density at radius 1 is 0.862 bits per heavy atom. The quantitative estimate of drug-likeness (QED) is 0.430. The first kappa shape index (κ1) is 18.7. The monoisotopic (exact) mass is 383 g/mol. The fourth-order valence-electron chi connectivity index (χ4n) is 3.30. The van der Waals surface area contributed by atoms with E-state index in [-0.39, 0.29) is 0 Å². The van der Waals surface area contributed by atoms with Crippen LogP contribution in [0.2, 0.25) is 0 Å². The second-order valence-corrected chi connectivity index (χ2v) is 6.78. The molecule has 4 aromatic rings. The third kappa shape index (κ3) is 4.27. The summed E-state index contributed by atoms with van der Waals surface area (Å²) in [6.07, 6.45) is 2.31. The summed E-state index contributed by atoms with van der Waals surface area (Å²) < 4.78 is 11.1. The second kappa shape index (κ2) is 8.57. The maximum Gasteiger partial charge on any atom is 0.343 e. The number of hydrogen-bond acceptors (Lipinski definition) is 4. The average Bonchev–Trinajstić information content (AvgIpc) is 2.78. The molecule has 0 aliphatic carbocycles. The molecule has 0 amide bonds. The third-order valence-electron chi connectivity index (χ3n) is 4.77. The summed E-state index contributed by atoms with van der Waals surface area (Å²) in [6, 6.07) is 26.2. The van der Waals surface area contributed by atoms with E-state index in [0.717, 1.165) is 28.5 Å². The number of ether oxygens (including phenoxy) is 2. The van der Waals surface area contributed by atoms with Crippen molar-refractivity contribution in [1.82, 2.24) is 4.98 Å². The standard InChI is InChI=1S/C25H21NO3/c1-28-25(27)22-16-26-23-13-12-20(14-18-8-4-2-5-9-18)15-21(23)24(22)29-17-19-10-6-3-7-11-19/h2-13,15-16H,14,17H2,1H3. The van der Waals surface area contributed by atoms with Gasteiger partial charge >= 0.3 is 5.97 Å². The number of methoxy groups -OCH3 is 1. The van der Waals surface area contributed by atoms with Gasteiger partial charge in [-0.25, -0.2) is 4.79 Å². The van der Waals surface area contributed by atoms with Crippen molar-refractivity contribution in [3.63, 3.8) is 0 Å². The Morgan fingerprint density at radius 2 is 1.55 bits per heavy atom. The zero-order chi connectivity index (χ0) is 20.1. The summed E-state index contributed by atoms with van der Waals surface area (Å²) in [4.78, 5) is 16.8. The van der Waals surface area contributed by atoms with Crippen LogP contribution in [-0.2, 0) is 17.8 Å². The maximum atomic E-state index is 12.3. The van der Waals surface area contributed by atoms with Gasteiger partial charge in [0.15, 0.2) is 0 Å². The molecule has 0 bridgehead atoms. The maximum absolute atomic E-state index is 12.3. The normalized spacial score (nSPS) is 10.7. The second-order valence-electron chi connectivity index (χ2n) is 6.78. The summed E-state index contributed by atoms with van der Waals surface area (Å²) in [5, 5.41) is 0.803. The van der Waals surface area contributed by atoms with Gasteiger partial charge in [-0.15, -0.1) is 0 Å². The Bertz CT molecular complexity index is 1120. The number of aromatic nitrogens is 1. The minimum Gasteiger partial charge on any atom is -0.487 e. The van der Waals surface area contributed by atoms with E-state index in [1.807, 2.05) is 60.7 Å². The lowest BCUT2D eigenvalue weighted by Gasteiger charge is -2.14. The summed E-state index contributed by atoms with van der Waals surface area (Å²) in [7, 11) is 1.36. The van der Waals surface area contributed by atoms with Gasteiger partial charge in [0, 0.05) is 11.6 Å². The van der Waals surface area contributed by atoms with Gasteiger partial charge in [0.2, 0.25) is 0 Å². The van der Waals surface area contributed by atoms with Crippen LogP contribution in [-0.4, -0.2) is 18.1 Å². The van der Waals surface area contributed by atoms with Gasteiger partial charge < -0.3 is 9.47 Å². The van der Waals surface area contributed by atoms with Gasteiger partial charge in [0.05, 0.1) is 12.6 Å². The molecule has 0 unspecified atom stereocenters. The molecule has 144 valence electrons. The fraction of sp³-hybridized carbons (Fsp3) is 0.120. The summed E-state index contributed by atoms with van der Waals surface area (Å²) in [5.74, 6) is 0.0385. The van der Waals surface area contributed by atoms with Crippen LogP contribution in [0.4, 0.5) is 0 Å². The van der Waals surface area contributed by atoms with E-state index in [4.69, 9.17) is 9.47 Å². The molecule has 4 heteroatoms. The Hall–Kier alpha value is -3.66. The third-order valence-corrected chi connectivity index (χ3v) is 4.77. The highest BCUT2D eigenvalue weighted by Gasteiger charge is 2.18. The van der Waals surface area contributed by atoms with Crippen LogP contribution in [0.3, 0.4) is 0 Å². The van der Waals surface area contributed by atoms with Gasteiger partial charge in [-0.1, -0.05) is 66.7 Å². The molecule has 0 atom stereocenters. The summed E-state index contributed by atoms with van der Waals surface area (Å²) in [5.41, 5.74) is 4.46. The number of carbonyl (C=O) groups is 1. The molecule has 0 aliphatic rings. The van der Waals surface area contributed by atoms with Gasteiger partial charge in [-0.2, -0.15) is 0 Å². The van der Waals surface area contributed by atoms with Gasteiger partial charge in [0.25, 0.3) is 0 Å². The van der Waals surface area contributed by atoms with Crippen molar-refractivity contribution in [2.45, 2.75) is 13.0 Å².